The third-order valence-electron chi connectivity index (χ3n) is 3.68. The first-order valence-electron chi connectivity index (χ1n) is 7.49. The van der Waals surface area contributed by atoms with E-state index in [-0.39, 0.29) is 5.91 Å². The van der Waals surface area contributed by atoms with E-state index in [9.17, 15) is 4.79 Å². The predicted octanol–water partition coefficient (Wildman–Crippen LogP) is 2.16. The number of amides is 1. The van der Waals surface area contributed by atoms with E-state index in [0.717, 1.165) is 44.0 Å². The zero-order valence-electron chi connectivity index (χ0n) is 12.6. The zero-order chi connectivity index (χ0) is 14.5. The molecule has 1 aliphatic heterocycles. The second-order valence-corrected chi connectivity index (χ2v) is 5.62. The predicted molar refractivity (Wildman–Crippen MR) is 80.0 cm³/mol. The van der Waals surface area contributed by atoms with E-state index in [1.807, 2.05) is 13.8 Å². The first-order valence-corrected chi connectivity index (χ1v) is 7.49. The lowest BCUT2D eigenvalue weighted by Gasteiger charge is -2.30. The van der Waals surface area contributed by atoms with Crippen LogP contribution >= 0.6 is 0 Å². The summed E-state index contributed by atoms with van der Waals surface area (Å²) in [5.41, 5.74) is 1.31. The van der Waals surface area contributed by atoms with Gasteiger partial charge in [0.2, 0.25) is 5.95 Å². The standard InChI is InChI=1S/C15H24N4O/c1-4-7-16-14(20)13-10-12(3)17-15(18-13)19-8-5-11(2)6-9-19/h10-11H,4-9H2,1-3H3,(H,16,20). The quantitative estimate of drug-likeness (QED) is 0.915. The van der Waals surface area contributed by atoms with Crippen molar-refractivity contribution < 1.29 is 4.79 Å². The average molecular weight is 276 g/mol. The van der Waals surface area contributed by atoms with Crippen molar-refractivity contribution in [2.24, 2.45) is 5.92 Å². The largest absolute Gasteiger partial charge is 0.351 e. The number of anilines is 1. The smallest absolute Gasteiger partial charge is 0.270 e. The Labute approximate surface area is 120 Å². The lowest BCUT2D eigenvalue weighted by Crippen LogP contribution is -2.35. The Balaban J connectivity index is 2.14. The summed E-state index contributed by atoms with van der Waals surface area (Å²) in [6.07, 6.45) is 3.25. The van der Waals surface area contributed by atoms with Crippen LogP contribution in [0.25, 0.3) is 0 Å². The highest BCUT2D eigenvalue weighted by Crippen LogP contribution is 2.20. The number of nitrogens with zero attached hydrogens (tertiary/aromatic N) is 3. The fraction of sp³-hybridized carbons (Fsp3) is 0.667. The number of nitrogens with one attached hydrogen (secondary N) is 1. The number of aromatic nitrogens is 2. The summed E-state index contributed by atoms with van der Waals surface area (Å²) < 4.78 is 0. The van der Waals surface area contributed by atoms with Gasteiger partial charge in [0, 0.05) is 25.3 Å². The number of hydrogen-bond donors (Lipinski definition) is 1. The fourth-order valence-corrected chi connectivity index (χ4v) is 2.35. The average Bonchev–Trinajstić information content (AvgIpc) is 2.44. The molecule has 1 aromatic rings. The van der Waals surface area contributed by atoms with E-state index in [1.165, 1.54) is 0 Å². The maximum atomic E-state index is 12.0. The van der Waals surface area contributed by atoms with Crippen LogP contribution in [0.4, 0.5) is 5.95 Å². The molecule has 0 aliphatic carbocycles. The minimum absolute atomic E-state index is 0.107. The van der Waals surface area contributed by atoms with Crippen molar-refractivity contribution in [1.29, 1.82) is 0 Å². The van der Waals surface area contributed by atoms with Gasteiger partial charge < -0.3 is 10.2 Å². The highest BCUT2D eigenvalue weighted by Gasteiger charge is 2.19. The molecule has 20 heavy (non-hydrogen) atoms. The van der Waals surface area contributed by atoms with E-state index < -0.39 is 0 Å². The normalized spacial score (nSPS) is 16.2. The number of carbonyl (C=O) groups excluding carboxylic acids is 1. The van der Waals surface area contributed by atoms with Crippen molar-refractivity contribution in [3.63, 3.8) is 0 Å². The first kappa shape index (κ1) is 14.8. The summed E-state index contributed by atoms with van der Waals surface area (Å²) in [6, 6.07) is 1.75. The minimum Gasteiger partial charge on any atom is -0.351 e. The highest BCUT2D eigenvalue weighted by atomic mass is 16.1. The number of piperidine rings is 1. The van der Waals surface area contributed by atoms with Crippen LogP contribution in [0.2, 0.25) is 0 Å². The van der Waals surface area contributed by atoms with Crippen molar-refractivity contribution in [3.8, 4) is 0 Å². The number of carbonyl (C=O) groups is 1. The molecule has 110 valence electrons. The summed E-state index contributed by atoms with van der Waals surface area (Å²) in [7, 11) is 0. The Morgan fingerprint density at radius 3 is 2.75 bits per heavy atom. The molecule has 0 radical (unpaired) electrons. The zero-order valence-corrected chi connectivity index (χ0v) is 12.6. The molecular formula is C15H24N4O. The van der Waals surface area contributed by atoms with Crippen molar-refractivity contribution in [1.82, 2.24) is 15.3 Å². The van der Waals surface area contributed by atoms with Crippen molar-refractivity contribution >= 4 is 11.9 Å². The maximum absolute atomic E-state index is 12.0. The Hall–Kier alpha value is -1.65. The van der Waals surface area contributed by atoms with Crippen LogP contribution < -0.4 is 10.2 Å². The molecule has 2 rings (SSSR count). The Kier molecular flexibility index (Phi) is 4.93. The van der Waals surface area contributed by atoms with E-state index in [0.29, 0.717) is 18.2 Å². The Morgan fingerprint density at radius 1 is 1.40 bits per heavy atom. The lowest BCUT2D eigenvalue weighted by atomic mass is 10.00. The van der Waals surface area contributed by atoms with Crippen LogP contribution in [-0.4, -0.2) is 35.5 Å². The third-order valence-corrected chi connectivity index (χ3v) is 3.68. The van der Waals surface area contributed by atoms with Gasteiger partial charge in [0.1, 0.15) is 5.69 Å². The molecule has 0 spiro atoms. The van der Waals surface area contributed by atoms with Crippen LogP contribution in [0.3, 0.4) is 0 Å². The number of rotatable bonds is 4. The highest BCUT2D eigenvalue weighted by molar-refractivity contribution is 5.92. The minimum atomic E-state index is -0.107. The topological polar surface area (TPSA) is 58.1 Å². The van der Waals surface area contributed by atoms with Crippen LogP contribution in [0, 0.1) is 12.8 Å². The molecule has 0 atom stereocenters. The van der Waals surface area contributed by atoms with Gasteiger partial charge in [0.05, 0.1) is 0 Å². The molecule has 5 nitrogen and oxygen atoms in total. The van der Waals surface area contributed by atoms with Crippen LogP contribution in [-0.2, 0) is 0 Å². The van der Waals surface area contributed by atoms with Crippen LogP contribution in [0.15, 0.2) is 6.07 Å². The summed E-state index contributed by atoms with van der Waals surface area (Å²) in [5, 5.41) is 2.87. The van der Waals surface area contributed by atoms with E-state index in [4.69, 9.17) is 0 Å². The molecule has 1 amide bonds. The summed E-state index contributed by atoms with van der Waals surface area (Å²) in [6.45, 7) is 8.85. The van der Waals surface area contributed by atoms with Crippen molar-refractivity contribution in [3.05, 3.63) is 17.5 Å². The van der Waals surface area contributed by atoms with Crippen LogP contribution in [0.1, 0.15) is 49.3 Å². The van der Waals surface area contributed by atoms with Crippen molar-refractivity contribution in [2.75, 3.05) is 24.5 Å². The molecule has 1 saturated heterocycles. The first-order chi connectivity index (χ1) is 9.60. The third kappa shape index (κ3) is 3.68. The van der Waals surface area contributed by atoms with Gasteiger partial charge in [0.25, 0.3) is 5.91 Å². The monoisotopic (exact) mass is 276 g/mol. The molecule has 2 heterocycles. The molecular weight excluding hydrogens is 252 g/mol. The van der Waals surface area contributed by atoms with Gasteiger partial charge in [-0.2, -0.15) is 0 Å². The molecule has 1 N–H and O–H groups in total. The molecule has 1 aromatic heterocycles. The molecule has 0 aromatic carbocycles. The maximum Gasteiger partial charge on any atom is 0.270 e. The van der Waals surface area contributed by atoms with E-state index in [1.54, 1.807) is 6.07 Å². The molecule has 0 saturated carbocycles. The second kappa shape index (κ2) is 6.68. The summed E-state index contributed by atoms with van der Waals surface area (Å²) in [4.78, 5) is 23.1. The SMILES string of the molecule is CCCNC(=O)c1cc(C)nc(N2CCC(C)CC2)n1. The number of aryl methyl sites for hydroxylation is 1. The molecule has 1 aliphatic rings. The van der Waals surface area contributed by atoms with Gasteiger partial charge in [-0.3, -0.25) is 4.79 Å². The Morgan fingerprint density at radius 2 is 2.10 bits per heavy atom. The number of hydrogen-bond acceptors (Lipinski definition) is 4. The van der Waals surface area contributed by atoms with Gasteiger partial charge in [-0.05, 0) is 38.2 Å². The van der Waals surface area contributed by atoms with Crippen LogP contribution in [0.5, 0.6) is 0 Å². The van der Waals surface area contributed by atoms with Gasteiger partial charge in [-0.15, -0.1) is 0 Å². The lowest BCUT2D eigenvalue weighted by molar-refractivity contribution is 0.0948. The van der Waals surface area contributed by atoms with Gasteiger partial charge in [-0.1, -0.05) is 13.8 Å². The molecule has 0 bridgehead atoms. The van der Waals surface area contributed by atoms with Gasteiger partial charge in [-0.25, -0.2) is 9.97 Å². The molecule has 5 heteroatoms. The molecule has 1 fully saturated rings. The van der Waals surface area contributed by atoms with Crippen molar-refractivity contribution in [2.45, 2.75) is 40.0 Å². The van der Waals surface area contributed by atoms with Gasteiger partial charge >= 0.3 is 0 Å². The Bertz CT molecular complexity index is 467. The second-order valence-electron chi connectivity index (χ2n) is 5.62. The van der Waals surface area contributed by atoms with E-state index in [2.05, 4.69) is 27.1 Å². The van der Waals surface area contributed by atoms with Gasteiger partial charge in [0.15, 0.2) is 0 Å². The van der Waals surface area contributed by atoms with E-state index >= 15 is 0 Å². The molecule has 0 unspecified atom stereocenters. The summed E-state index contributed by atoms with van der Waals surface area (Å²) >= 11 is 0. The fourth-order valence-electron chi connectivity index (χ4n) is 2.35. The summed E-state index contributed by atoms with van der Waals surface area (Å²) in [5.74, 6) is 1.35.